The highest BCUT2D eigenvalue weighted by molar-refractivity contribution is 7.91. The molecule has 3 aromatic rings. The molecule has 0 radical (unpaired) electrons. The van der Waals surface area contributed by atoms with Crippen LogP contribution in [0, 0.1) is 0 Å². The van der Waals surface area contributed by atoms with Crippen molar-refractivity contribution >= 4 is 33.0 Å². The Kier molecular flexibility index (Phi) is 4.82. The fraction of sp³-hybridized carbons (Fsp3) is 0.133. The van der Waals surface area contributed by atoms with E-state index >= 15 is 0 Å². The van der Waals surface area contributed by atoms with E-state index in [-0.39, 0.29) is 10.8 Å². The number of rotatable bonds is 6. The van der Waals surface area contributed by atoms with Gasteiger partial charge in [0.15, 0.2) is 0 Å². The highest BCUT2D eigenvalue weighted by atomic mass is 35.5. The molecular formula is C15H14ClN3O2S2. The molecule has 120 valence electrons. The highest BCUT2D eigenvalue weighted by Crippen LogP contribution is 2.25. The molecule has 0 aliphatic heterocycles. The Morgan fingerprint density at radius 1 is 1.17 bits per heavy atom. The van der Waals surface area contributed by atoms with Crippen LogP contribution < -0.4 is 4.72 Å². The van der Waals surface area contributed by atoms with Gasteiger partial charge in [-0.25, -0.2) is 18.1 Å². The summed E-state index contributed by atoms with van der Waals surface area (Å²) in [6.45, 7) is 0.764. The van der Waals surface area contributed by atoms with Gasteiger partial charge in [0.1, 0.15) is 10.0 Å². The number of sulfonamides is 1. The van der Waals surface area contributed by atoms with Gasteiger partial charge in [-0.1, -0.05) is 41.9 Å². The number of nitrogens with one attached hydrogen (secondary N) is 1. The Hall–Kier alpha value is -1.67. The lowest BCUT2D eigenvalue weighted by Crippen LogP contribution is -2.24. The van der Waals surface area contributed by atoms with Crippen LogP contribution in [-0.2, 0) is 23.1 Å². The fourth-order valence-corrected chi connectivity index (χ4v) is 4.61. The minimum atomic E-state index is -3.57. The van der Waals surface area contributed by atoms with E-state index < -0.39 is 10.0 Å². The number of thiophene rings is 1. The zero-order chi connectivity index (χ0) is 16.3. The molecule has 2 heterocycles. The van der Waals surface area contributed by atoms with Gasteiger partial charge in [0.05, 0.1) is 10.9 Å². The minimum Gasteiger partial charge on any atom is -0.329 e. The molecule has 0 amide bonds. The first kappa shape index (κ1) is 16.2. The van der Waals surface area contributed by atoms with Crippen LogP contribution in [0.5, 0.6) is 0 Å². The molecule has 0 aliphatic carbocycles. The average molecular weight is 368 g/mol. The molecule has 0 fully saturated rings. The molecule has 0 aliphatic rings. The Morgan fingerprint density at radius 3 is 2.65 bits per heavy atom. The minimum absolute atomic E-state index is 0.123. The Labute approximate surface area is 143 Å². The summed E-state index contributed by atoms with van der Waals surface area (Å²) in [5, 5.41) is 0. The predicted molar refractivity (Wildman–Crippen MR) is 91.1 cm³/mol. The number of halogens is 1. The van der Waals surface area contributed by atoms with E-state index in [9.17, 15) is 8.42 Å². The summed E-state index contributed by atoms with van der Waals surface area (Å²) in [6.07, 6.45) is 3.49. The van der Waals surface area contributed by atoms with Crippen LogP contribution in [0.4, 0.5) is 0 Å². The van der Waals surface area contributed by atoms with Crippen LogP contribution in [0.1, 0.15) is 11.4 Å². The molecule has 8 heteroatoms. The summed E-state index contributed by atoms with van der Waals surface area (Å²) < 4.78 is 29.5. The zero-order valence-electron chi connectivity index (χ0n) is 12.0. The van der Waals surface area contributed by atoms with Crippen molar-refractivity contribution < 1.29 is 8.42 Å². The summed E-state index contributed by atoms with van der Waals surface area (Å²) in [6, 6.07) is 13.0. The van der Waals surface area contributed by atoms with Crippen molar-refractivity contribution in [3.05, 3.63) is 70.6 Å². The number of benzene rings is 1. The molecule has 1 N–H and O–H groups in total. The molecule has 0 atom stereocenters. The van der Waals surface area contributed by atoms with Crippen molar-refractivity contribution in [1.82, 2.24) is 14.3 Å². The topological polar surface area (TPSA) is 64.0 Å². The molecule has 0 saturated carbocycles. The average Bonchev–Trinajstić information content (AvgIpc) is 3.16. The maximum atomic E-state index is 12.2. The lowest BCUT2D eigenvalue weighted by molar-refractivity contribution is 0.578. The van der Waals surface area contributed by atoms with E-state index in [0.29, 0.717) is 16.7 Å². The van der Waals surface area contributed by atoms with Crippen LogP contribution in [0.15, 0.2) is 59.1 Å². The Morgan fingerprint density at radius 2 is 1.96 bits per heavy atom. The third kappa shape index (κ3) is 4.00. The van der Waals surface area contributed by atoms with Crippen molar-refractivity contribution in [1.29, 1.82) is 0 Å². The SMILES string of the molecule is O=S(=O)(NCc1nccn1Cc1ccccc1)c1ccc(Cl)s1. The van der Waals surface area contributed by atoms with Gasteiger partial charge in [-0.3, -0.25) is 0 Å². The first-order chi connectivity index (χ1) is 11.0. The molecule has 0 unspecified atom stereocenters. The summed E-state index contributed by atoms with van der Waals surface area (Å²) in [5.41, 5.74) is 1.12. The molecule has 0 bridgehead atoms. The van der Waals surface area contributed by atoms with E-state index in [1.807, 2.05) is 41.1 Å². The number of hydrogen-bond donors (Lipinski definition) is 1. The molecule has 0 saturated heterocycles. The van der Waals surface area contributed by atoms with Crippen LogP contribution in [0.3, 0.4) is 0 Å². The highest BCUT2D eigenvalue weighted by Gasteiger charge is 2.17. The van der Waals surface area contributed by atoms with Crippen LogP contribution in [0.25, 0.3) is 0 Å². The van der Waals surface area contributed by atoms with Gasteiger partial charge in [-0.15, -0.1) is 11.3 Å². The molecule has 1 aromatic carbocycles. The maximum absolute atomic E-state index is 12.2. The second-order valence-corrected chi connectivity index (χ2v) is 8.55. The van der Waals surface area contributed by atoms with Gasteiger partial charge in [0, 0.05) is 18.9 Å². The van der Waals surface area contributed by atoms with Gasteiger partial charge in [-0.05, 0) is 17.7 Å². The summed E-state index contributed by atoms with van der Waals surface area (Å²) in [7, 11) is -3.57. The maximum Gasteiger partial charge on any atom is 0.250 e. The fourth-order valence-electron chi connectivity index (χ4n) is 2.10. The van der Waals surface area contributed by atoms with Crippen molar-refractivity contribution in [2.24, 2.45) is 0 Å². The largest absolute Gasteiger partial charge is 0.329 e. The third-order valence-electron chi connectivity index (χ3n) is 3.23. The standard InChI is InChI=1S/C15H14ClN3O2S2/c16-13-6-7-15(22-13)23(20,21)18-10-14-17-8-9-19(14)11-12-4-2-1-3-5-12/h1-9,18H,10-11H2. The molecule has 0 spiro atoms. The number of nitrogens with zero attached hydrogens (tertiary/aromatic N) is 2. The van der Waals surface area contributed by atoms with E-state index in [1.165, 1.54) is 6.07 Å². The van der Waals surface area contributed by atoms with E-state index in [2.05, 4.69) is 9.71 Å². The summed E-state index contributed by atoms with van der Waals surface area (Å²) in [4.78, 5) is 4.23. The number of hydrogen-bond acceptors (Lipinski definition) is 4. The van der Waals surface area contributed by atoms with E-state index in [1.54, 1.807) is 12.3 Å². The molecule has 3 rings (SSSR count). The van der Waals surface area contributed by atoms with Crippen molar-refractivity contribution in [3.8, 4) is 0 Å². The van der Waals surface area contributed by atoms with Gasteiger partial charge < -0.3 is 4.57 Å². The zero-order valence-corrected chi connectivity index (χ0v) is 14.4. The molecule has 23 heavy (non-hydrogen) atoms. The van der Waals surface area contributed by atoms with Gasteiger partial charge in [0.25, 0.3) is 10.0 Å². The van der Waals surface area contributed by atoms with Crippen molar-refractivity contribution in [2.45, 2.75) is 17.3 Å². The molecule has 2 aromatic heterocycles. The van der Waals surface area contributed by atoms with Crippen molar-refractivity contribution in [3.63, 3.8) is 0 Å². The third-order valence-corrected chi connectivity index (χ3v) is 6.36. The summed E-state index contributed by atoms with van der Waals surface area (Å²) >= 11 is 6.82. The second kappa shape index (κ2) is 6.84. The number of imidazole rings is 1. The van der Waals surface area contributed by atoms with Crippen molar-refractivity contribution in [2.75, 3.05) is 0 Å². The van der Waals surface area contributed by atoms with E-state index in [0.717, 1.165) is 16.9 Å². The molecular weight excluding hydrogens is 354 g/mol. The smallest absolute Gasteiger partial charge is 0.250 e. The first-order valence-electron chi connectivity index (χ1n) is 6.83. The van der Waals surface area contributed by atoms with Gasteiger partial charge in [-0.2, -0.15) is 0 Å². The Bertz CT molecular complexity index is 888. The van der Waals surface area contributed by atoms with Crippen LogP contribution in [-0.4, -0.2) is 18.0 Å². The lowest BCUT2D eigenvalue weighted by atomic mass is 10.2. The monoisotopic (exact) mass is 367 g/mol. The van der Waals surface area contributed by atoms with Gasteiger partial charge in [0.2, 0.25) is 0 Å². The Balaban J connectivity index is 1.71. The first-order valence-corrected chi connectivity index (χ1v) is 9.51. The van der Waals surface area contributed by atoms with Crippen LogP contribution >= 0.6 is 22.9 Å². The van der Waals surface area contributed by atoms with E-state index in [4.69, 9.17) is 11.6 Å². The second-order valence-electron chi connectivity index (χ2n) is 4.84. The van der Waals surface area contributed by atoms with Gasteiger partial charge >= 0.3 is 0 Å². The predicted octanol–water partition coefficient (Wildman–Crippen LogP) is 3.12. The number of aromatic nitrogens is 2. The lowest BCUT2D eigenvalue weighted by Gasteiger charge is -2.09. The van der Waals surface area contributed by atoms with Crippen LogP contribution in [0.2, 0.25) is 4.34 Å². The summed E-state index contributed by atoms with van der Waals surface area (Å²) in [5.74, 6) is 0.653. The quantitative estimate of drug-likeness (QED) is 0.728. The normalized spacial score (nSPS) is 11.7. The molecule has 5 nitrogen and oxygen atoms in total.